The maximum atomic E-state index is 13.3. The second-order valence-corrected chi connectivity index (χ2v) is 5.56. The lowest BCUT2D eigenvalue weighted by molar-refractivity contribution is 0.568. The van der Waals surface area contributed by atoms with Gasteiger partial charge in [-0.1, -0.05) is 25.4 Å². The zero-order valence-corrected chi connectivity index (χ0v) is 11.9. The Kier molecular flexibility index (Phi) is 6.93. The number of thioether (sulfide) groups is 1. The Bertz CT molecular complexity index is 338. The molecule has 4 heteroatoms. The summed E-state index contributed by atoms with van der Waals surface area (Å²) < 4.78 is 13.3. The second-order valence-electron chi connectivity index (χ2n) is 3.83. The zero-order valence-electron chi connectivity index (χ0n) is 10.3. The number of benzene rings is 1. The van der Waals surface area contributed by atoms with E-state index in [-0.39, 0.29) is 11.9 Å². The van der Waals surface area contributed by atoms with Crippen LogP contribution in [0.2, 0.25) is 5.02 Å². The van der Waals surface area contributed by atoms with Crippen LogP contribution in [0, 0.1) is 5.82 Å². The van der Waals surface area contributed by atoms with Crippen LogP contribution in [0.4, 0.5) is 4.39 Å². The van der Waals surface area contributed by atoms with Gasteiger partial charge in [0.15, 0.2) is 0 Å². The summed E-state index contributed by atoms with van der Waals surface area (Å²) in [6.45, 7) is 5.15. The smallest absolute Gasteiger partial charge is 0.123 e. The van der Waals surface area contributed by atoms with Gasteiger partial charge in [-0.2, -0.15) is 11.8 Å². The quantitative estimate of drug-likeness (QED) is 0.797. The van der Waals surface area contributed by atoms with Gasteiger partial charge in [0.05, 0.1) is 0 Å². The summed E-state index contributed by atoms with van der Waals surface area (Å²) >= 11 is 7.97. The first-order valence-corrected chi connectivity index (χ1v) is 7.48. The summed E-state index contributed by atoms with van der Waals surface area (Å²) in [6, 6.07) is 4.69. The van der Waals surface area contributed by atoms with Crippen LogP contribution in [0.5, 0.6) is 0 Å². The van der Waals surface area contributed by atoms with Crippen molar-refractivity contribution in [2.75, 3.05) is 18.1 Å². The number of rotatable bonds is 7. The topological polar surface area (TPSA) is 12.0 Å². The normalized spacial score (nSPS) is 12.7. The Morgan fingerprint density at radius 2 is 2.18 bits per heavy atom. The van der Waals surface area contributed by atoms with Crippen molar-refractivity contribution < 1.29 is 4.39 Å². The van der Waals surface area contributed by atoms with E-state index in [1.165, 1.54) is 12.1 Å². The van der Waals surface area contributed by atoms with Crippen molar-refractivity contribution >= 4 is 23.4 Å². The van der Waals surface area contributed by atoms with E-state index in [1.807, 2.05) is 11.8 Å². The van der Waals surface area contributed by atoms with Crippen molar-refractivity contribution in [1.29, 1.82) is 0 Å². The minimum atomic E-state index is -0.228. The lowest BCUT2D eigenvalue weighted by Crippen LogP contribution is -2.24. The van der Waals surface area contributed by atoms with Gasteiger partial charge in [0.1, 0.15) is 5.82 Å². The highest BCUT2D eigenvalue weighted by Crippen LogP contribution is 2.26. The highest BCUT2D eigenvalue weighted by Gasteiger charge is 2.14. The van der Waals surface area contributed by atoms with Crippen LogP contribution in [0.15, 0.2) is 18.2 Å². The molecule has 0 radical (unpaired) electrons. The monoisotopic (exact) mass is 275 g/mol. The fourth-order valence-electron chi connectivity index (χ4n) is 1.59. The minimum absolute atomic E-state index is 0.128. The van der Waals surface area contributed by atoms with Crippen LogP contribution in [0.3, 0.4) is 0 Å². The minimum Gasteiger partial charge on any atom is -0.309 e. The second kappa shape index (κ2) is 7.96. The van der Waals surface area contributed by atoms with Gasteiger partial charge in [-0.25, -0.2) is 4.39 Å². The molecule has 0 aromatic heterocycles. The van der Waals surface area contributed by atoms with E-state index < -0.39 is 0 Å². The molecule has 0 saturated heterocycles. The molecule has 1 aromatic carbocycles. The molecule has 0 amide bonds. The van der Waals surface area contributed by atoms with Crippen LogP contribution in [0.1, 0.15) is 31.9 Å². The molecule has 17 heavy (non-hydrogen) atoms. The van der Waals surface area contributed by atoms with Crippen molar-refractivity contribution in [2.45, 2.75) is 26.3 Å². The fraction of sp³-hybridized carbons (Fsp3) is 0.538. The third kappa shape index (κ3) is 4.86. The maximum absolute atomic E-state index is 13.3. The molecule has 0 saturated carbocycles. The van der Waals surface area contributed by atoms with E-state index in [0.29, 0.717) is 5.02 Å². The van der Waals surface area contributed by atoms with Crippen LogP contribution < -0.4 is 5.32 Å². The summed E-state index contributed by atoms with van der Waals surface area (Å²) in [5.74, 6) is 1.74. The molecule has 1 aromatic rings. The Balaban J connectivity index is 2.82. The molecule has 0 aliphatic rings. The molecule has 0 bridgehead atoms. The molecular formula is C13H19ClFNS. The van der Waals surface area contributed by atoms with Crippen LogP contribution in [-0.2, 0) is 0 Å². The lowest BCUT2D eigenvalue weighted by atomic mass is 10.1. The van der Waals surface area contributed by atoms with Gasteiger partial charge in [0.25, 0.3) is 0 Å². The van der Waals surface area contributed by atoms with E-state index in [9.17, 15) is 4.39 Å². The molecule has 1 atom stereocenters. The van der Waals surface area contributed by atoms with E-state index in [4.69, 9.17) is 11.6 Å². The Morgan fingerprint density at radius 1 is 1.41 bits per heavy atom. The van der Waals surface area contributed by atoms with Crippen LogP contribution >= 0.6 is 23.4 Å². The number of halogens is 2. The van der Waals surface area contributed by atoms with E-state index in [0.717, 1.165) is 30.0 Å². The summed E-state index contributed by atoms with van der Waals surface area (Å²) in [7, 11) is 0. The van der Waals surface area contributed by atoms with Gasteiger partial charge in [0, 0.05) is 16.8 Å². The summed E-state index contributed by atoms with van der Waals surface area (Å²) in [6.07, 6.45) is 1.06. The van der Waals surface area contributed by atoms with Gasteiger partial charge in [-0.15, -0.1) is 0 Å². The van der Waals surface area contributed by atoms with Gasteiger partial charge in [0.2, 0.25) is 0 Å². The van der Waals surface area contributed by atoms with E-state index in [2.05, 4.69) is 19.2 Å². The summed E-state index contributed by atoms with van der Waals surface area (Å²) in [5.41, 5.74) is 0.862. The molecule has 0 fully saturated rings. The summed E-state index contributed by atoms with van der Waals surface area (Å²) in [4.78, 5) is 0. The largest absolute Gasteiger partial charge is 0.309 e. The van der Waals surface area contributed by atoms with Gasteiger partial charge in [-0.3, -0.25) is 0 Å². The fourth-order valence-corrected chi connectivity index (χ4v) is 2.61. The molecule has 0 heterocycles. The van der Waals surface area contributed by atoms with Crippen molar-refractivity contribution in [2.24, 2.45) is 0 Å². The highest BCUT2D eigenvalue weighted by molar-refractivity contribution is 7.99. The third-order valence-corrected chi connectivity index (χ3v) is 3.78. The van der Waals surface area contributed by atoms with Crippen molar-refractivity contribution in [3.63, 3.8) is 0 Å². The molecule has 1 N–H and O–H groups in total. The molecular weight excluding hydrogens is 257 g/mol. The average Bonchev–Trinajstić information content (AvgIpc) is 2.33. The lowest BCUT2D eigenvalue weighted by Gasteiger charge is -2.19. The predicted molar refractivity (Wildman–Crippen MR) is 75.4 cm³/mol. The Labute approximate surface area is 112 Å². The molecule has 1 unspecified atom stereocenters. The first-order valence-electron chi connectivity index (χ1n) is 5.95. The summed E-state index contributed by atoms with van der Waals surface area (Å²) in [5, 5.41) is 4.05. The standard InChI is InChI=1S/C13H19ClFNS/c1-3-7-16-13(9-17-4-2)11-8-10(15)5-6-12(11)14/h5-6,8,13,16H,3-4,7,9H2,1-2H3. The first-order chi connectivity index (χ1) is 8.19. The highest BCUT2D eigenvalue weighted by atomic mass is 35.5. The molecule has 0 aliphatic carbocycles. The molecule has 1 nitrogen and oxygen atoms in total. The van der Waals surface area contributed by atoms with Crippen molar-refractivity contribution in [3.05, 3.63) is 34.6 Å². The number of nitrogens with one attached hydrogen (secondary N) is 1. The Hall–Kier alpha value is -0.250. The van der Waals surface area contributed by atoms with Crippen LogP contribution in [-0.4, -0.2) is 18.1 Å². The number of hydrogen-bond donors (Lipinski definition) is 1. The number of hydrogen-bond acceptors (Lipinski definition) is 2. The van der Waals surface area contributed by atoms with Gasteiger partial charge < -0.3 is 5.32 Å². The third-order valence-electron chi connectivity index (χ3n) is 2.46. The van der Waals surface area contributed by atoms with Gasteiger partial charge in [-0.05, 0) is 42.5 Å². The molecule has 0 spiro atoms. The van der Waals surface area contributed by atoms with E-state index >= 15 is 0 Å². The predicted octanol–water partition coefficient (Wildman–Crippen LogP) is 4.27. The SMILES string of the molecule is CCCNC(CSCC)c1cc(F)ccc1Cl. The Morgan fingerprint density at radius 3 is 2.82 bits per heavy atom. The van der Waals surface area contributed by atoms with E-state index in [1.54, 1.807) is 6.07 Å². The average molecular weight is 276 g/mol. The van der Waals surface area contributed by atoms with Gasteiger partial charge >= 0.3 is 0 Å². The molecule has 1 rings (SSSR count). The first kappa shape index (κ1) is 14.8. The van der Waals surface area contributed by atoms with Crippen LogP contribution in [0.25, 0.3) is 0 Å². The van der Waals surface area contributed by atoms with Crippen molar-refractivity contribution in [3.8, 4) is 0 Å². The zero-order chi connectivity index (χ0) is 12.7. The molecule has 96 valence electrons. The molecule has 0 aliphatic heterocycles. The van der Waals surface area contributed by atoms with Crippen molar-refractivity contribution in [1.82, 2.24) is 5.32 Å². The maximum Gasteiger partial charge on any atom is 0.123 e.